The molecule has 1 atom stereocenters. The number of aromatic nitrogens is 6. The molecule has 0 aromatic carbocycles. The van der Waals surface area contributed by atoms with Gasteiger partial charge in [-0.1, -0.05) is 20.8 Å². The molecule has 0 spiro atoms. The van der Waals surface area contributed by atoms with E-state index in [0.717, 1.165) is 48.6 Å². The van der Waals surface area contributed by atoms with Gasteiger partial charge in [-0.05, 0) is 25.3 Å². The van der Waals surface area contributed by atoms with E-state index in [4.69, 9.17) is 14.6 Å². The van der Waals surface area contributed by atoms with Gasteiger partial charge in [-0.15, -0.1) is 0 Å². The summed E-state index contributed by atoms with van der Waals surface area (Å²) in [5, 5.41) is 8.26. The number of carbonyl (C=O) groups is 1. The molecule has 5 heterocycles. The monoisotopic (exact) mass is 515 g/mol. The van der Waals surface area contributed by atoms with Gasteiger partial charge in [-0.2, -0.15) is 10.1 Å². The molecule has 1 unspecified atom stereocenters. The first-order valence-electron chi connectivity index (χ1n) is 13.2. The predicted octanol–water partition coefficient (Wildman–Crippen LogP) is 4.88. The van der Waals surface area contributed by atoms with Crippen molar-refractivity contribution < 1.29 is 14.3 Å². The van der Waals surface area contributed by atoms with E-state index in [-0.39, 0.29) is 23.2 Å². The molecule has 1 saturated carbocycles. The number of pyridine rings is 2. The van der Waals surface area contributed by atoms with Crippen LogP contribution in [-0.2, 0) is 28.4 Å². The highest BCUT2D eigenvalue weighted by atomic mass is 16.5. The Hall–Kier alpha value is -3.79. The van der Waals surface area contributed by atoms with Gasteiger partial charge < -0.3 is 19.4 Å². The molecule has 10 heteroatoms. The fourth-order valence-electron chi connectivity index (χ4n) is 4.82. The molecule has 1 aliphatic carbocycles. The molecule has 0 radical (unpaired) electrons. The minimum atomic E-state index is -0.0618. The summed E-state index contributed by atoms with van der Waals surface area (Å²) < 4.78 is 15.7. The van der Waals surface area contributed by atoms with Crippen molar-refractivity contribution in [3.8, 4) is 11.5 Å². The molecule has 1 saturated heterocycles. The van der Waals surface area contributed by atoms with Crippen LogP contribution in [0.4, 0.5) is 11.8 Å². The van der Waals surface area contributed by atoms with Gasteiger partial charge in [0.2, 0.25) is 5.95 Å². The third kappa shape index (κ3) is 5.00. The number of imidazole rings is 1. The average molecular weight is 516 g/mol. The first kappa shape index (κ1) is 24.5. The fourth-order valence-corrected chi connectivity index (χ4v) is 4.82. The van der Waals surface area contributed by atoms with E-state index in [1.807, 2.05) is 23.7 Å². The molecular formula is C28H33N7O3. The molecule has 0 bridgehead atoms. The lowest BCUT2D eigenvalue weighted by Gasteiger charge is -2.22. The number of fused-ring (bicyclic) bond motifs is 1. The van der Waals surface area contributed by atoms with E-state index >= 15 is 0 Å². The van der Waals surface area contributed by atoms with Crippen molar-refractivity contribution in [1.82, 2.24) is 29.3 Å². The van der Waals surface area contributed by atoms with E-state index in [0.29, 0.717) is 36.1 Å². The number of nitrogens with zero attached hydrogens (tertiary/aromatic N) is 6. The molecule has 10 nitrogen and oxygen atoms in total. The highest BCUT2D eigenvalue weighted by Crippen LogP contribution is 2.33. The Morgan fingerprint density at radius 1 is 1.16 bits per heavy atom. The normalized spacial score (nSPS) is 17.7. The number of hydrogen-bond donors (Lipinski definition) is 1. The second-order valence-corrected chi connectivity index (χ2v) is 11.3. The van der Waals surface area contributed by atoms with Crippen LogP contribution in [0.5, 0.6) is 11.5 Å². The van der Waals surface area contributed by atoms with Crippen molar-refractivity contribution in [1.29, 1.82) is 0 Å². The largest absolute Gasteiger partial charge is 0.456 e. The van der Waals surface area contributed by atoms with Crippen molar-refractivity contribution in [2.24, 2.45) is 13.0 Å². The number of nitrogens with one attached hydrogen (secondary N) is 1. The zero-order valence-electron chi connectivity index (χ0n) is 22.3. The number of aryl methyl sites for hydroxylation is 1. The lowest BCUT2D eigenvalue weighted by atomic mass is 9.91. The maximum absolute atomic E-state index is 12.2. The summed E-state index contributed by atoms with van der Waals surface area (Å²) in [5.41, 5.74) is 3.24. The number of ketones is 1. The summed E-state index contributed by atoms with van der Waals surface area (Å²) in [5.74, 6) is 3.05. The molecule has 1 N–H and O–H groups in total. The van der Waals surface area contributed by atoms with Gasteiger partial charge in [-0.25, -0.2) is 4.98 Å². The second kappa shape index (κ2) is 9.50. The number of ether oxygens (including phenoxy) is 2. The third-order valence-electron chi connectivity index (χ3n) is 7.12. The molecule has 198 valence electrons. The topological polar surface area (TPSA) is 109 Å². The second-order valence-electron chi connectivity index (χ2n) is 11.3. The van der Waals surface area contributed by atoms with Crippen molar-refractivity contribution in [2.45, 2.75) is 57.9 Å². The van der Waals surface area contributed by atoms with Gasteiger partial charge in [0, 0.05) is 61.5 Å². The molecular weight excluding hydrogens is 482 g/mol. The van der Waals surface area contributed by atoms with Crippen LogP contribution < -0.4 is 10.1 Å². The molecule has 0 amide bonds. The van der Waals surface area contributed by atoms with Crippen LogP contribution in [0.3, 0.4) is 0 Å². The lowest BCUT2D eigenvalue weighted by Crippen LogP contribution is -2.22. The Bertz CT molecular complexity index is 1490. The molecule has 4 aromatic rings. The van der Waals surface area contributed by atoms with Crippen LogP contribution >= 0.6 is 0 Å². The van der Waals surface area contributed by atoms with Gasteiger partial charge >= 0.3 is 0 Å². The first-order valence-corrected chi connectivity index (χ1v) is 13.2. The third-order valence-corrected chi connectivity index (χ3v) is 7.12. The summed E-state index contributed by atoms with van der Waals surface area (Å²) in [7, 11) is 1.93. The van der Waals surface area contributed by atoms with Gasteiger partial charge in [-0.3, -0.25) is 14.5 Å². The average Bonchev–Trinajstić information content (AvgIpc) is 3.27. The summed E-state index contributed by atoms with van der Waals surface area (Å²) in [4.78, 5) is 25.7. The predicted molar refractivity (Wildman–Crippen MR) is 143 cm³/mol. The minimum absolute atomic E-state index is 0.0618. The van der Waals surface area contributed by atoms with Crippen LogP contribution in [0, 0.1) is 5.92 Å². The van der Waals surface area contributed by atoms with Gasteiger partial charge in [0.1, 0.15) is 17.3 Å². The Kier molecular flexibility index (Phi) is 6.14. The highest BCUT2D eigenvalue weighted by Gasteiger charge is 2.30. The zero-order chi connectivity index (χ0) is 26.4. The van der Waals surface area contributed by atoms with Gasteiger partial charge in [0.15, 0.2) is 11.5 Å². The molecule has 2 fully saturated rings. The van der Waals surface area contributed by atoms with Gasteiger partial charge in [0.25, 0.3) is 0 Å². The molecule has 1 aliphatic heterocycles. The van der Waals surface area contributed by atoms with Crippen LogP contribution in [0.15, 0.2) is 36.7 Å². The standard InChI is InChI=1S/C28H33N7O3/c1-28(2,3)24-14-25(33-35(24)19-8-10-37-16-19)31-27-32-26-22(34(27)4)13-21(15-30-26)38-20-7-9-29-18(11-20)12-23(36)17-5-6-17/h7,9,11,13-15,17,19H,5-6,8,10,12,16H2,1-4H3,(H,30,31,32,33). The van der Waals surface area contributed by atoms with E-state index in [2.05, 4.69) is 51.8 Å². The molecule has 38 heavy (non-hydrogen) atoms. The maximum atomic E-state index is 12.2. The smallest absolute Gasteiger partial charge is 0.210 e. The van der Waals surface area contributed by atoms with Crippen LogP contribution in [0.25, 0.3) is 11.2 Å². The SMILES string of the molecule is Cn1c(Nc2cc(C(C)(C)C)n(C3CCOC3)n2)nc2ncc(Oc3ccnc(CC(=O)C4CC4)c3)cc21. The number of Topliss-reactive ketones (excluding diaryl/α,β-unsaturated/α-hetero) is 1. The van der Waals surface area contributed by atoms with E-state index < -0.39 is 0 Å². The Balaban J connectivity index is 1.22. The maximum Gasteiger partial charge on any atom is 0.210 e. The first-order chi connectivity index (χ1) is 18.2. The molecule has 6 rings (SSSR count). The number of hydrogen-bond acceptors (Lipinski definition) is 8. The van der Waals surface area contributed by atoms with E-state index in [9.17, 15) is 4.79 Å². The fraction of sp³-hybridized carbons (Fsp3) is 0.464. The number of rotatable bonds is 8. The summed E-state index contributed by atoms with van der Waals surface area (Å²) in [6, 6.07) is 7.84. The van der Waals surface area contributed by atoms with Crippen molar-refractivity contribution in [3.05, 3.63) is 48.0 Å². The summed E-state index contributed by atoms with van der Waals surface area (Å²) >= 11 is 0. The Morgan fingerprint density at radius 2 is 2.00 bits per heavy atom. The van der Waals surface area contributed by atoms with Crippen LogP contribution in [-0.4, -0.2) is 48.3 Å². The molecule has 2 aliphatic rings. The van der Waals surface area contributed by atoms with Gasteiger partial charge in [0.05, 0.1) is 30.1 Å². The van der Waals surface area contributed by atoms with E-state index in [1.54, 1.807) is 18.5 Å². The van der Waals surface area contributed by atoms with Crippen molar-refractivity contribution >= 4 is 28.7 Å². The quantitative estimate of drug-likeness (QED) is 0.354. The van der Waals surface area contributed by atoms with E-state index in [1.165, 1.54) is 0 Å². The summed E-state index contributed by atoms with van der Waals surface area (Å²) in [6.45, 7) is 8.02. The summed E-state index contributed by atoms with van der Waals surface area (Å²) in [6.07, 6.45) is 6.62. The highest BCUT2D eigenvalue weighted by molar-refractivity contribution is 5.85. The number of carbonyl (C=O) groups excluding carboxylic acids is 1. The lowest BCUT2D eigenvalue weighted by molar-refractivity contribution is -0.119. The minimum Gasteiger partial charge on any atom is -0.456 e. The zero-order valence-corrected chi connectivity index (χ0v) is 22.3. The van der Waals surface area contributed by atoms with Crippen molar-refractivity contribution in [3.63, 3.8) is 0 Å². The van der Waals surface area contributed by atoms with Crippen molar-refractivity contribution in [2.75, 3.05) is 18.5 Å². The Labute approximate surface area is 221 Å². The Morgan fingerprint density at radius 3 is 2.74 bits per heavy atom. The van der Waals surface area contributed by atoms with Crippen LogP contribution in [0.2, 0.25) is 0 Å². The molecule has 4 aromatic heterocycles. The van der Waals surface area contributed by atoms with Crippen LogP contribution in [0.1, 0.15) is 57.5 Å². The number of anilines is 2.